The first-order chi connectivity index (χ1) is 10.8. The quantitative estimate of drug-likeness (QED) is 0.313. The Bertz CT molecular complexity index is 839. The lowest BCUT2D eigenvalue weighted by atomic mass is 10.0. The summed E-state index contributed by atoms with van der Waals surface area (Å²) in [7, 11) is 0. The number of esters is 1. The molecule has 0 heterocycles. The van der Waals surface area contributed by atoms with Crippen molar-refractivity contribution < 1.29 is 19.1 Å². The molecule has 4 heteroatoms. The second kappa shape index (κ2) is 6.26. The van der Waals surface area contributed by atoms with Crippen LogP contribution in [0.15, 0.2) is 54.6 Å². The first-order valence-electron chi connectivity index (χ1n) is 6.93. The molecule has 0 fully saturated rings. The van der Waals surface area contributed by atoms with Crippen LogP contribution < -0.4 is 0 Å². The number of benzene rings is 3. The van der Waals surface area contributed by atoms with Crippen LogP contribution in [0, 0.1) is 0 Å². The monoisotopic (exact) mass is 294 g/mol. The summed E-state index contributed by atoms with van der Waals surface area (Å²) in [5.41, 5.74) is 0.480. The summed E-state index contributed by atoms with van der Waals surface area (Å²) in [5.74, 6) is -0.426. The van der Waals surface area contributed by atoms with Gasteiger partial charge in [0.2, 0.25) is 0 Å². The molecule has 0 unspecified atom stereocenters. The van der Waals surface area contributed by atoms with Gasteiger partial charge in [-0.3, -0.25) is 4.79 Å². The molecule has 0 saturated heterocycles. The van der Waals surface area contributed by atoms with E-state index in [0.29, 0.717) is 12.0 Å². The highest BCUT2D eigenvalue weighted by molar-refractivity contribution is 6.01. The molecule has 3 aromatic carbocycles. The van der Waals surface area contributed by atoms with Gasteiger partial charge in [-0.05, 0) is 45.8 Å². The van der Waals surface area contributed by atoms with Crippen LogP contribution >= 0.6 is 0 Å². The topological polar surface area (TPSA) is 52.6 Å². The van der Waals surface area contributed by atoms with Gasteiger partial charge in [0.15, 0.2) is 0 Å². The molecule has 110 valence electrons. The Balaban J connectivity index is 1.87. The summed E-state index contributed by atoms with van der Waals surface area (Å²) in [6.07, 6.45) is 0. The largest absolute Gasteiger partial charge is 0.464 e. The second-order valence-electron chi connectivity index (χ2n) is 4.86. The summed E-state index contributed by atoms with van der Waals surface area (Å²) >= 11 is 0. The number of hydrogen-bond donors (Lipinski definition) is 0. The Hall–Kier alpha value is -2.88. The number of rotatable bonds is 5. The summed E-state index contributed by atoms with van der Waals surface area (Å²) < 4.78 is 9.52. The summed E-state index contributed by atoms with van der Waals surface area (Å²) in [4.78, 5) is 22.0. The maximum absolute atomic E-state index is 11.9. The molecule has 0 aliphatic rings. The number of ether oxygens (including phenoxy) is 2. The van der Waals surface area contributed by atoms with Crippen molar-refractivity contribution in [2.75, 3.05) is 13.2 Å². The highest BCUT2D eigenvalue weighted by Gasteiger charge is 2.08. The molecule has 0 aliphatic heterocycles. The molecule has 0 bridgehead atoms. The van der Waals surface area contributed by atoms with E-state index in [9.17, 15) is 9.59 Å². The number of hydrogen-bond acceptors (Lipinski definition) is 4. The van der Waals surface area contributed by atoms with Crippen molar-refractivity contribution in [2.24, 2.45) is 0 Å². The molecule has 3 aromatic rings. The zero-order valence-electron chi connectivity index (χ0n) is 11.8. The highest BCUT2D eigenvalue weighted by Crippen LogP contribution is 2.23. The van der Waals surface area contributed by atoms with E-state index in [1.54, 1.807) is 6.07 Å². The van der Waals surface area contributed by atoms with Crippen LogP contribution in [0.3, 0.4) is 0 Å². The molecule has 0 aliphatic carbocycles. The molecule has 4 nitrogen and oxygen atoms in total. The van der Waals surface area contributed by atoms with Crippen molar-refractivity contribution in [3.05, 3.63) is 60.2 Å². The van der Waals surface area contributed by atoms with Crippen molar-refractivity contribution >= 4 is 34.0 Å². The fourth-order valence-electron chi connectivity index (χ4n) is 2.38. The SMILES string of the molecule is O=COCCOC(=O)c1ccc2cc3ccccc3cc2c1. The minimum absolute atomic E-state index is 0.0489. The van der Waals surface area contributed by atoms with Gasteiger partial charge < -0.3 is 9.47 Å². The van der Waals surface area contributed by atoms with E-state index in [2.05, 4.69) is 22.9 Å². The van der Waals surface area contributed by atoms with Gasteiger partial charge in [-0.25, -0.2) is 4.79 Å². The van der Waals surface area contributed by atoms with Gasteiger partial charge in [0.1, 0.15) is 13.2 Å². The normalized spacial score (nSPS) is 10.5. The Morgan fingerprint density at radius 3 is 2.27 bits per heavy atom. The average Bonchev–Trinajstić information content (AvgIpc) is 2.56. The average molecular weight is 294 g/mol. The lowest BCUT2D eigenvalue weighted by Gasteiger charge is -2.06. The lowest BCUT2D eigenvalue weighted by molar-refractivity contribution is -0.129. The van der Waals surface area contributed by atoms with Crippen LogP contribution in [-0.2, 0) is 14.3 Å². The van der Waals surface area contributed by atoms with Gasteiger partial charge in [-0.2, -0.15) is 0 Å². The van der Waals surface area contributed by atoms with Crippen LogP contribution in [0.2, 0.25) is 0 Å². The molecule has 0 saturated carbocycles. The van der Waals surface area contributed by atoms with Crippen molar-refractivity contribution in [3.63, 3.8) is 0 Å². The van der Waals surface area contributed by atoms with E-state index in [-0.39, 0.29) is 13.2 Å². The van der Waals surface area contributed by atoms with E-state index in [1.165, 1.54) is 0 Å². The van der Waals surface area contributed by atoms with Crippen molar-refractivity contribution in [1.29, 1.82) is 0 Å². The van der Waals surface area contributed by atoms with Gasteiger partial charge in [-0.1, -0.05) is 30.3 Å². The maximum atomic E-state index is 11.9. The van der Waals surface area contributed by atoms with Gasteiger partial charge in [0, 0.05) is 0 Å². The molecular weight excluding hydrogens is 280 g/mol. The second-order valence-corrected chi connectivity index (χ2v) is 4.86. The van der Waals surface area contributed by atoms with Crippen LogP contribution in [0.25, 0.3) is 21.5 Å². The van der Waals surface area contributed by atoms with Crippen LogP contribution in [0.4, 0.5) is 0 Å². The summed E-state index contributed by atoms with van der Waals surface area (Å²) in [6, 6.07) is 17.7. The maximum Gasteiger partial charge on any atom is 0.338 e. The zero-order valence-corrected chi connectivity index (χ0v) is 11.8. The predicted molar refractivity (Wildman–Crippen MR) is 83.8 cm³/mol. The molecule has 0 N–H and O–H groups in total. The number of fused-ring (bicyclic) bond motifs is 2. The first kappa shape index (κ1) is 14.1. The third kappa shape index (κ3) is 2.91. The Morgan fingerprint density at radius 1 is 0.864 bits per heavy atom. The van der Waals surface area contributed by atoms with Crippen molar-refractivity contribution in [3.8, 4) is 0 Å². The molecule has 3 rings (SSSR count). The first-order valence-corrected chi connectivity index (χ1v) is 6.93. The summed E-state index contributed by atoms with van der Waals surface area (Å²) in [5, 5.41) is 4.34. The van der Waals surface area contributed by atoms with E-state index < -0.39 is 5.97 Å². The summed E-state index contributed by atoms with van der Waals surface area (Å²) in [6.45, 7) is 0.440. The minimum atomic E-state index is -0.426. The van der Waals surface area contributed by atoms with Gasteiger partial charge in [-0.15, -0.1) is 0 Å². The van der Waals surface area contributed by atoms with Gasteiger partial charge >= 0.3 is 5.97 Å². The number of carbonyl (C=O) groups excluding carboxylic acids is 2. The van der Waals surface area contributed by atoms with Crippen LogP contribution in [0.5, 0.6) is 0 Å². The van der Waals surface area contributed by atoms with Gasteiger partial charge in [0.25, 0.3) is 6.47 Å². The third-order valence-corrected chi connectivity index (χ3v) is 3.44. The van der Waals surface area contributed by atoms with E-state index >= 15 is 0 Å². The Kier molecular flexibility index (Phi) is 4.01. The molecule has 0 atom stereocenters. The molecule has 22 heavy (non-hydrogen) atoms. The lowest BCUT2D eigenvalue weighted by Crippen LogP contribution is -2.10. The van der Waals surface area contributed by atoms with Crippen LogP contribution in [-0.4, -0.2) is 25.7 Å². The minimum Gasteiger partial charge on any atom is -0.464 e. The van der Waals surface area contributed by atoms with Crippen molar-refractivity contribution in [1.82, 2.24) is 0 Å². The highest BCUT2D eigenvalue weighted by atomic mass is 16.6. The molecule has 0 aromatic heterocycles. The van der Waals surface area contributed by atoms with Crippen LogP contribution in [0.1, 0.15) is 10.4 Å². The molecule has 0 spiro atoms. The Labute approximate surface area is 127 Å². The number of carbonyl (C=O) groups is 2. The fourth-order valence-corrected chi connectivity index (χ4v) is 2.38. The molecule has 0 amide bonds. The standard InChI is InChI=1S/C18H14O4/c19-12-21-7-8-22-18(20)16-6-5-15-9-13-3-1-2-4-14(13)10-17(15)11-16/h1-6,9-12H,7-8H2. The smallest absolute Gasteiger partial charge is 0.338 e. The molecular formula is C18H14O4. The van der Waals surface area contributed by atoms with E-state index in [4.69, 9.17) is 4.74 Å². The molecule has 0 radical (unpaired) electrons. The predicted octanol–water partition coefficient (Wildman–Crippen LogP) is 3.32. The Morgan fingerprint density at radius 2 is 1.55 bits per heavy atom. The third-order valence-electron chi connectivity index (χ3n) is 3.44. The van der Waals surface area contributed by atoms with E-state index in [1.807, 2.05) is 30.3 Å². The van der Waals surface area contributed by atoms with E-state index in [0.717, 1.165) is 21.5 Å². The zero-order chi connectivity index (χ0) is 15.4. The van der Waals surface area contributed by atoms with Crippen molar-refractivity contribution in [2.45, 2.75) is 0 Å². The van der Waals surface area contributed by atoms with Gasteiger partial charge in [0.05, 0.1) is 5.56 Å². The fraction of sp³-hybridized carbons (Fsp3) is 0.111.